The van der Waals surface area contributed by atoms with E-state index in [-0.39, 0.29) is 22.7 Å². The molecule has 0 amide bonds. The first-order valence-electron chi connectivity index (χ1n) is 52.4. The molecule has 0 aliphatic carbocycles. The zero-order chi connectivity index (χ0) is 101. The second kappa shape index (κ2) is 35.9. The summed E-state index contributed by atoms with van der Waals surface area (Å²) in [5.74, 6) is 0.521. The molecular weight excluding hydrogens is 1830 g/mol. The van der Waals surface area contributed by atoms with Crippen LogP contribution in [-0.4, -0.2) is 0 Å². The Morgan fingerprint density at radius 2 is 0.373 bits per heavy atom. The lowest BCUT2D eigenvalue weighted by Gasteiger charge is -2.33. The number of hydrogen-bond donors (Lipinski definition) is 0. The van der Waals surface area contributed by atoms with Gasteiger partial charge in [0.15, 0.2) is 0 Å². The molecule has 0 fully saturated rings. The van der Waals surface area contributed by atoms with Crippen LogP contribution in [-0.2, 0) is 10.8 Å². The van der Waals surface area contributed by atoms with Crippen LogP contribution in [0.15, 0.2) is 479 Å². The second-order valence-electron chi connectivity index (χ2n) is 42.8. The number of para-hydroxylation sites is 12. The lowest BCUT2D eigenvalue weighted by Crippen LogP contribution is -2.17. The molecule has 8 nitrogen and oxygen atoms in total. The fourth-order valence-electron chi connectivity index (χ4n) is 24.0. The molecule has 0 saturated carbocycles. The van der Waals surface area contributed by atoms with Crippen molar-refractivity contribution in [1.29, 1.82) is 0 Å². The third-order valence-corrected chi connectivity index (χ3v) is 31.0. The number of fused-ring (bicyclic) bond motifs is 12. The summed E-state index contributed by atoms with van der Waals surface area (Å²) in [4.78, 5) is 9.83. The van der Waals surface area contributed by atoms with Crippen molar-refractivity contribution in [2.45, 2.75) is 91.9 Å². The standard InChI is InChI=1S/C72H56N2O2.C70H52N2O2/c1-71(2,3)61-43-63(73(47-19-9-7-10-20-47)49-35-31-45(32-36-49)51-25-17-27-55-53-23-13-15-29-65(53)75-69(51)55)59-42-40-58-62(72(4,5)6)44-64(60-41-39-57(61)67(59)68(58)60)74(48-21-11-8-12-22-48)50-37-33-46(34-38-50)52-26-18-28-56-54-24-14-16-30-66(54)76-70(52)56;1-43(2)61-41-63(71(47-17-7-5-8-18-47)49-33-29-45(30-34-49)51-23-15-25-57-53-21-11-13-27-65(53)73-69(51)57)59-40-38-56-62(44(3)4)42-64(60-39-37-55(61)67(59)68(56)60)72(48-19-9-6-10-20-48)50-35-31-46(32-36-50)52-24-16-26-58-54-22-12-14-28-66(54)74-70(52)58/h7-44H,1-6H3;5-44H,1-4H3. The zero-order valence-electron chi connectivity index (χ0n) is 85.5. The van der Waals surface area contributed by atoms with E-state index in [0.717, 1.165) is 201 Å². The highest BCUT2D eigenvalue weighted by molar-refractivity contribution is 6.32. The molecule has 0 unspecified atom stereocenters. The van der Waals surface area contributed by atoms with Crippen LogP contribution in [0.25, 0.3) is 197 Å². The van der Waals surface area contributed by atoms with Crippen molar-refractivity contribution in [2.75, 3.05) is 19.6 Å². The van der Waals surface area contributed by atoms with Crippen LogP contribution < -0.4 is 19.6 Å². The van der Waals surface area contributed by atoms with Gasteiger partial charge < -0.3 is 37.3 Å². The molecule has 0 spiro atoms. The van der Waals surface area contributed by atoms with Gasteiger partial charge >= 0.3 is 0 Å². The van der Waals surface area contributed by atoms with Crippen LogP contribution in [0, 0.1) is 0 Å². The number of hydrogen-bond acceptors (Lipinski definition) is 8. The van der Waals surface area contributed by atoms with Gasteiger partial charge in [0.25, 0.3) is 0 Å². The van der Waals surface area contributed by atoms with Gasteiger partial charge in [0.1, 0.15) is 44.7 Å². The van der Waals surface area contributed by atoms with Crippen molar-refractivity contribution in [3.8, 4) is 44.5 Å². The average molecular weight is 1930 g/mol. The van der Waals surface area contributed by atoms with E-state index in [2.05, 4.69) is 526 Å². The first kappa shape index (κ1) is 90.5. The summed E-state index contributed by atoms with van der Waals surface area (Å²) < 4.78 is 26.1. The second-order valence-corrected chi connectivity index (χ2v) is 42.8. The maximum atomic E-state index is 6.53. The zero-order valence-corrected chi connectivity index (χ0v) is 85.5. The van der Waals surface area contributed by atoms with E-state index in [9.17, 15) is 0 Å². The van der Waals surface area contributed by atoms with E-state index in [0.29, 0.717) is 0 Å². The molecule has 0 aliphatic rings. The van der Waals surface area contributed by atoms with Gasteiger partial charge in [0.2, 0.25) is 0 Å². The van der Waals surface area contributed by atoms with Crippen molar-refractivity contribution < 1.29 is 17.7 Å². The highest BCUT2D eigenvalue weighted by Gasteiger charge is 2.34. The maximum Gasteiger partial charge on any atom is 0.143 e. The quantitative estimate of drug-likeness (QED) is 0.0788. The van der Waals surface area contributed by atoms with Gasteiger partial charge in [-0.3, -0.25) is 0 Å². The molecule has 150 heavy (non-hydrogen) atoms. The third kappa shape index (κ3) is 15.1. The van der Waals surface area contributed by atoms with Gasteiger partial charge in [-0.2, -0.15) is 0 Å². The lowest BCUT2D eigenvalue weighted by atomic mass is 9.77. The van der Waals surface area contributed by atoms with Crippen LogP contribution in [0.5, 0.6) is 0 Å². The van der Waals surface area contributed by atoms with E-state index >= 15 is 0 Å². The van der Waals surface area contributed by atoms with E-state index < -0.39 is 0 Å². The van der Waals surface area contributed by atoms with E-state index in [1.54, 1.807) is 0 Å². The fourth-order valence-corrected chi connectivity index (χ4v) is 24.0. The monoisotopic (exact) mass is 1930 g/mol. The van der Waals surface area contributed by atoms with Crippen LogP contribution in [0.1, 0.15) is 103 Å². The smallest absolute Gasteiger partial charge is 0.143 e. The summed E-state index contributed by atoms with van der Waals surface area (Å²) in [5, 5.41) is 24.2. The van der Waals surface area contributed by atoms with Crippen molar-refractivity contribution in [1.82, 2.24) is 0 Å². The minimum absolute atomic E-state index is 0.186. The summed E-state index contributed by atoms with van der Waals surface area (Å²) in [6.45, 7) is 23.4. The van der Waals surface area contributed by atoms with Crippen molar-refractivity contribution in [3.63, 3.8) is 0 Å². The van der Waals surface area contributed by atoms with Crippen molar-refractivity contribution in [2.24, 2.45) is 0 Å². The molecule has 0 saturated heterocycles. The molecule has 8 heteroatoms. The first-order chi connectivity index (χ1) is 73.3. The maximum absolute atomic E-state index is 6.53. The number of nitrogens with zero attached hydrogens (tertiary/aromatic N) is 4. The summed E-state index contributed by atoms with van der Waals surface area (Å²) in [6.07, 6.45) is 0. The van der Waals surface area contributed by atoms with Crippen LogP contribution in [0.4, 0.5) is 68.2 Å². The largest absolute Gasteiger partial charge is 0.455 e. The Morgan fingerprint density at radius 1 is 0.173 bits per heavy atom. The van der Waals surface area contributed by atoms with E-state index in [1.165, 1.54) is 86.9 Å². The van der Waals surface area contributed by atoms with E-state index in [1.807, 2.05) is 24.3 Å². The van der Waals surface area contributed by atoms with Crippen LogP contribution in [0.3, 0.4) is 0 Å². The summed E-state index contributed by atoms with van der Waals surface area (Å²) >= 11 is 0. The fraction of sp³-hybridized carbons (Fsp3) is 0.0986. The Kier molecular flexibility index (Phi) is 21.6. The molecule has 0 radical (unpaired) electrons. The third-order valence-electron chi connectivity index (χ3n) is 31.0. The highest BCUT2D eigenvalue weighted by Crippen LogP contribution is 2.57. The molecule has 28 aromatic rings. The predicted molar refractivity (Wildman–Crippen MR) is 635 cm³/mol. The Morgan fingerprint density at radius 3 is 0.613 bits per heavy atom. The van der Waals surface area contributed by atoms with Gasteiger partial charge in [0.05, 0.1) is 22.7 Å². The van der Waals surface area contributed by atoms with Crippen molar-refractivity contribution in [3.05, 3.63) is 483 Å². The number of furan rings is 4. The Balaban J connectivity index is 0.000000148. The Labute approximate surface area is 871 Å². The van der Waals surface area contributed by atoms with Crippen LogP contribution in [0.2, 0.25) is 0 Å². The van der Waals surface area contributed by atoms with Gasteiger partial charge in [-0.1, -0.05) is 385 Å². The normalized spacial score (nSPS) is 12.2. The molecule has 4 heterocycles. The predicted octanol–water partition coefficient (Wildman–Crippen LogP) is 42.2. The Hall–Kier alpha value is -18.2. The molecule has 28 rings (SSSR count). The van der Waals surface area contributed by atoms with Crippen molar-refractivity contribution >= 4 is 221 Å². The topological polar surface area (TPSA) is 65.5 Å². The molecular formula is C142H108N4O4. The van der Waals surface area contributed by atoms with Gasteiger partial charge in [-0.15, -0.1) is 0 Å². The molecule has 720 valence electrons. The van der Waals surface area contributed by atoms with Gasteiger partial charge in [0, 0.05) is 132 Å². The molecule has 4 aromatic heterocycles. The number of anilines is 12. The van der Waals surface area contributed by atoms with Crippen LogP contribution >= 0.6 is 0 Å². The van der Waals surface area contributed by atoms with Gasteiger partial charge in [-0.25, -0.2) is 0 Å². The molecule has 24 aromatic carbocycles. The Bertz CT molecular complexity index is 9510. The van der Waals surface area contributed by atoms with Gasteiger partial charge in [-0.05, 0) is 256 Å². The SMILES string of the molecule is CC(C)(C)c1cc(N(c2ccccc2)c2ccc(-c3cccc4c3oc3ccccc34)cc2)c2ccc3c(C(C)(C)C)cc(N(c4ccccc4)c4ccc(-c5cccc6c5oc5ccccc56)cc4)c4ccc1c2c43.CC(C)c1cc(N(c2ccccc2)c2ccc(-c3cccc4c3oc3ccccc34)cc2)c2ccc3c(C(C)C)cc(N(c4ccccc4)c4ccc(-c5cccc6c5oc5ccccc56)cc4)c4ccc1c2c34. The summed E-state index contributed by atoms with van der Waals surface area (Å²) in [6, 6.07) is 168. The minimum Gasteiger partial charge on any atom is -0.455 e. The average Bonchev–Trinajstić information content (AvgIpc) is 0.950. The summed E-state index contributed by atoms with van der Waals surface area (Å²) in [7, 11) is 0. The molecule has 0 atom stereocenters. The highest BCUT2D eigenvalue weighted by atomic mass is 16.3. The lowest BCUT2D eigenvalue weighted by molar-refractivity contribution is 0.595. The first-order valence-corrected chi connectivity index (χ1v) is 52.4. The minimum atomic E-state index is -0.186. The molecule has 0 N–H and O–H groups in total. The number of rotatable bonds is 18. The number of benzene rings is 24. The molecule has 0 aliphatic heterocycles. The summed E-state index contributed by atoms with van der Waals surface area (Å²) in [5.41, 5.74) is 34.2. The molecule has 0 bridgehead atoms. The van der Waals surface area contributed by atoms with E-state index in [4.69, 9.17) is 17.7 Å².